The highest BCUT2D eigenvalue weighted by Crippen LogP contribution is 2.28. The summed E-state index contributed by atoms with van der Waals surface area (Å²) < 4.78 is 0. The van der Waals surface area contributed by atoms with Gasteiger partial charge >= 0.3 is 12.0 Å². The van der Waals surface area contributed by atoms with Gasteiger partial charge in [0, 0.05) is 19.6 Å². The van der Waals surface area contributed by atoms with E-state index in [0.29, 0.717) is 30.5 Å². The van der Waals surface area contributed by atoms with E-state index in [9.17, 15) is 9.59 Å². The Labute approximate surface area is 102 Å². The standard InChI is InChI=1S/C10H13N3O3S/c1-3-12-4-5-13(10(12)16)9-11-6(2)7(17-9)8(14)15/h3-5H2,1-2H3,(H,14,15). The fourth-order valence-electron chi connectivity index (χ4n) is 1.75. The number of aryl methyl sites for hydroxylation is 1. The highest BCUT2D eigenvalue weighted by molar-refractivity contribution is 7.17. The van der Waals surface area contributed by atoms with Crippen LogP contribution in [-0.2, 0) is 0 Å². The lowest BCUT2D eigenvalue weighted by molar-refractivity contribution is 0.0701. The van der Waals surface area contributed by atoms with Crippen LogP contribution in [0.4, 0.5) is 9.93 Å². The summed E-state index contributed by atoms with van der Waals surface area (Å²) in [6, 6.07) is -0.0989. The van der Waals surface area contributed by atoms with E-state index in [1.807, 2.05) is 6.92 Å². The van der Waals surface area contributed by atoms with Crippen molar-refractivity contribution in [2.24, 2.45) is 0 Å². The van der Waals surface area contributed by atoms with Crippen molar-refractivity contribution in [1.82, 2.24) is 9.88 Å². The minimum atomic E-state index is -0.995. The number of amides is 2. The molecule has 1 saturated heterocycles. The smallest absolute Gasteiger partial charge is 0.347 e. The average Bonchev–Trinajstić information content (AvgIpc) is 2.81. The van der Waals surface area contributed by atoms with Crippen LogP contribution < -0.4 is 4.90 Å². The van der Waals surface area contributed by atoms with Crippen LogP contribution in [0.25, 0.3) is 0 Å². The molecule has 2 rings (SSSR count). The van der Waals surface area contributed by atoms with Gasteiger partial charge in [-0.25, -0.2) is 14.6 Å². The van der Waals surface area contributed by atoms with Gasteiger partial charge in [0.1, 0.15) is 4.88 Å². The number of carbonyl (C=O) groups excluding carboxylic acids is 1. The lowest BCUT2D eigenvalue weighted by atomic mass is 10.4. The fraction of sp³-hybridized carbons (Fsp3) is 0.500. The number of rotatable bonds is 3. The zero-order chi connectivity index (χ0) is 12.6. The molecule has 2 amide bonds. The summed E-state index contributed by atoms with van der Waals surface area (Å²) in [7, 11) is 0. The molecule has 1 aromatic rings. The van der Waals surface area contributed by atoms with Crippen LogP contribution in [0, 0.1) is 6.92 Å². The van der Waals surface area contributed by atoms with E-state index in [0.717, 1.165) is 11.3 Å². The van der Waals surface area contributed by atoms with Gasteiger partial charge in [-0.2, -0.15) is 0 Å². The van der Waals surface area contributed by atoms with E-state index < -0.39 is 5.97 Å². The van der Waals surface area contributed by atoms with Crippen LogP contribution in [-0.4, -0.2) is 46.6 Å². The monoisotopic (exact) mass is 255 g/mol. The van der Waals surface area contributed by atoms with Crippen LogP contribution in [0.5, 0.6) is 0 Å². The predicted octanol–water partition coefficient (Wildman–Crippen LogP) is 1.41. The zero-order valence-corrected chi connectivity index (χ0v) is 10.5. The molecular formula is C10H13N3O3S. The minimum Gasteiger partial charge on any atom is -0.477 e. The lowest BCUT2D eigenvalue weighted by Crippen LogP contribution is -2.31. The second-order valence-electron chi connectivity index (χ2n) is 3.73. The first-order chi connectivity index (χ1) is 8.04. The third-order valence-corrected chi connectivity index (χ3v) is 3.86. The largest absolute Gasteiger partial charge is 0.477 e. The molecular weight excluding hydrogens is 242 g/mol. The summed E-state index contributed by atoms with van der Waals surface area (Å²) in [6.45, 7) is 5.44. The molecule has 0 aliphatic carbocycles. The van der Waals surface area contributed by atoms with Gasteiger partial charge in [0.2, 0.25) is 0 Å². The van der Waals surface area contributed by atoms with Crippen molar-refractivity contribution in [2.75, 3.05) is 24.5 Å². The Hall–Kier alpha value is -1.63. The van der Waals surface area contributed by atoms with E-state index in [-0.39, 0.29) is 10.9 Å². The number of carboxylic acids is 1. The second kappa shape index (κ2) is 4.33. The Morgan fingerprint density at radius 3 is 2.71 bits per heavy atom. The van der Waals surface area contributed by atoms with Crippen molar-refractivity contribution in [3.8, 4) is 0 Å². The van der Waals surface area contributed by atoms with Gasteiger partial charge in [0.05, 0.1) is 5.69 Å². The molecule has 7 heteroatoms. The van der Waals surface area contributed by atoms with Crippen molar-refractivity contribution in [2.45, 2.75) is 13.8 Å². The predicted molar refractivity (Wildman–Crippen MR) is 63.8 cm³/mol. The van der Waals surface area contributed by atoms with Crippen LogP contribution in [0.15, 0.2) is 0 Å². The first kappa shape index (κ1) is 11.8. The van der Waals surface area contributed by atoms with Gasteiger partial charge < -0.3 is 10.0 Å². The van der Waals surface area contributed by atoms with Gasteiger partial charge in [-0.15, -0.1) is 0 Å². The number of thiazole rings is 1. The third kappa shape index (κ3) is 1.97. The highest BCUT2D eigenvalue weighted by Gasteiger charge is 2.31. The number of aromatic nitrogens is 1. The van der Waals surface area contributed by atoms with Crippen LogP contribution in [0.3, 0.4) is 0 Å². The van der Waals surface area contributed by atoms with E-state index >= 15 is 0 Å². The van der Waals surface area contributed by atoms with Gasteiger partial charge in [-0.05, 0) is 13.8 Å². The molecule has 1 aliphatic heterocycles. The van der Waals surface area contributed by atoms with E-state index in [4.69, 9.17) is 5.11 Å². The van der Waals surface area contributed by atoms with Crippen LogP contribution >= 0.6 is 11.3 Å². The van der Waals surface area contributed by atoms with E-state index in [2.05, 4.69) is 4.98 Å². The van der Waals surface area contributed by atoms with E-state index in [1.165, 1.54) is 4.90 Å². The molecule has 2 heterocycles. The van der Waals surface area contributed by atoms with Crippen molar-refractivity contribution in [3.05, 3.63) is 10.6 Å². The number of hydrogen-bond acceptors (Lipinski definition) is 4. The molecule has 0 aromatic carbocycles. The number of likely N-dealkylation sites (N-methyl/N-ethyl adjacent to an activating group) is 1. The summed E-state index contributed by atoms with van der Waals surface area (Å²) in [4.78, 5) is 30.4. The molecule has 0 bridgehead atoms. The number of hydrogen-bond donors (Lipinski definition) is 1. The Balaban J connectivity index is 2.27. The van der Waals surface area contributed by atoms with Gasteiger partial charge in [-0.3, -0.25) is 4.90 Å². The number of carboxylic acid groups (broad SMARTS) is 1. The summed E-state index contributed by atoms with van der Waals surface area (Å²) in [5.41, 5.74) is 0.459. The van der Waals surface area contributed by atoms with Gasteiger partial charge in [-0.1, -0.05) is 11.3 Å². The maximum atomic E-state index is 11.9. The molecule has 0 saturated carbocycles. The number of carbonyl (C=O) groups is 2. The molecule has 17 heavy (non-hydrogen) atoms. The first-order valence-corrected chi connectivity index (χ1v) is 6.13. The molecule has 0 radical (unpaired) electrons. The van der Waals surface area contributed by atoms with Crippen molar-refractivity contribution in [1.29, 1.82) is 0 Å². The zero-order valence-electron chi connectivity index (χ0n) is 9.63. The molecule has 1 fully saturated rings. The van der Waals surface area contributed by atoms with Gasteiger partial charge in [0.15, 0.2) is 5.13 Å². The number of urea groups is 1. The number of aromatic carboxylic acids is 1. The molecule has 92 valence electrons. The number of nitrogens with zero attached hydrogens (tertiary/aromatic N) is 3. The molecule has 1 N–H and O–H groups in total. The molecule has 6 nitrogen and oxygen atoms in total. The Morgan fingerprint density at radius 2 is 2.24 bits per heavy atom. The number of anilines is 1. The molecule has 1 aliphatic rings. The summed E-state index contributed by atoms with van der Waals surface area (Å²) >= 11 is 1.05. The summed E-state index contributed by atoms with van der Waals surface area (Å²) in [5.74, 6) is -0.995. The fourth-order valence-corrected chi connectivity index (χ4v) is 2.67. The van der Waals surface area contributed by atoms with Gasteiger partial charge in [0.25, 0.3) is 0 Å². The first-order valence-electron chi connectivity index (χ1n) is 5.31. The Morgan fingerprint density at radius 1 is 1.53 bits per heavy atom. The maximum absolute atomic E-state index is 11.9. The minimum absolute atomic E-state index is 0.0989. The van der Waals surface area contributed by atoms with Crippen molar-refractivity contribution < 1.29 is 14.7 Å². The van der Waals surface area contributed by atoms with E-state index in [1.54, 1.807) is 11.8 Å². The summed E-state index contributed by atoms with van der Waals surface area (Å²) in [5, 5.41) is 9.42. The maximum Gasteiger partial charge on any atom is 0.347 e. The molecule has 0 unspecified atom stereocenters. The van der Waals surface area contributed by atoms with Crippen LogP contribution in [0.1, 0.15) is 22.3 Å². The average molecular weight is 255 g/mol. The van der Waals surface area contributed by atoms with Crippen molar-refractivity contribution >= 4 is 28.5 Å². The van der Waals surface area contributed by atoms with Crippen LogP contribution in [0.2, 0.25) is 0 Å². The second-order valence-corrected chi connectivity index (χ2v) is 4.71. The van der Waals surface area contributed by atoms with Crippen molar-refractivity contribution in [3.63, 3.8) is 0 Å². The molecule has 1 aromatic heterocycles. The SMILES string of the molecule is CCN1CCN(c2nc(C)c(C(=O)O)s2)C1=O. The molecule has 0 atom stereocenters. The highest BCUT2D eigenvalue weighted by atomic mass is 32.1. The lowest BCUT2D eigenvalue weighted by Gasteiger charge is -2.14. The molecule has 0 spiro atoms. The quantitative estimate of drug-likeness (QED) is 0.886. The summed E-state index contributed by atoms with van der Waals surface area (Å²) in [6.07, 6.45) is 0. The Bertz CT molecular complexity index is 471. The Kier molecular flexibility index (Phi) is 3.01. The third-order valence-electron chi connectivity index (χ3n) is 2.69. The topological polar surface area (TPSA) is 73.7 Å². The normalized spacial score (nSPS) is 15.8.